The molecule has 19 heavy (non-hydrogen) atoms. The molecule has 3 nitrogen and oxygen atoms in total. The van der Waals surface area contributed by atoms with Gasteiger partial charge in [0, 0.05) is 6.20 Å². The fraction of sp³-hybridized carbons (Fsp3) is 0.643. The molecule has 0 amide bonds. The lowest BCUT2D eigenvalue weighted by Crippen LogP contribution is -2.41. The van der Waals surface area contributed by atoms with E-state index >= 15 is 0 Å². The number of hydrogen-bond acceptors (Lipinski definition) is 3. The smallest absolute Gasteiger partial charge is 0.399 e. The molecule has 2 aliphatic rings. The highest BCUT2D eigenvalue weighted by atomic mass is 35.5. The molecule has 102 valence electrons. The highest BCUT2D eigenvalue weighted by Gasteiger charge is 2.53. The molecular weight excluding hydrogens is 260 g/mol. The van der Waals surface area contributed by atoms with Gasteiger partial charge in [0.05, 0.1) is 11.2 Å². The van der Waals surface area contributed by atoms with Crippen LogP contribution in [0.5, 0.6) is 0 Å². The third kappa shape index (κ3) is 2.20. The maximum Gasteiger partial charge on any atom is 0.495 e. The average Bonchev–Trinajstić information content (AvgIpc) is 3.07. The molecule has 0 aromatic carbocycles. The molecule has 2 fully saturated rings. The molecule has 0 N–H and O–H groups in total. The molecule has 0 bridgehead atoms. The second-order valence-electron chi connectivity index (χ2n) is 6.47. The molecule has 5 heteroatoms. The van der Waals surface area contributed by atoms with Crippen molar-refractivity contribution in [2.75, 3.05) is 0 Å². The number of nitrogens with zero attached hydrogens (tertiary/aromatic N) is 1. The Morgan fingerprint density at radius 2 is 1.79 bits per heavy atom. The zero-order chi connectivity index (χ0) is 13.8. The van der Waals surface area contributed by atoms with Crippen molar-refractivity contribution in [3.05, 3.63) is 23.0 Å². The van der Waals surface area contributed by atoms with E-state index in [1.54, 1.807) is 6.20 Å². The van der Waals surface area contributed by atoms with Crippen LogP contribution in [0.3, 0.4) is 0 Å². The van der Waals surface area contributed by atoms with Gasteiger partial charge in [0.15, 0.2) is 0 Å². The van der Waals surface area contributed by atoms with Crippen LogP contribution in [0.15, 0.2) is 12.3 Å². The van der Waals surface area contributed by atoms with Gasteiger partial charge in [-0.3, -0.25) is 0 Å². The summed E-state index contributed by atoms with van der Waals surface area (Å²) in [5.74, 6) is 0.523. The fourth-order valence-corrected chi connectivity index (χ4v) is 2.73. The van der Waals surface area contributed by atoms with Crippen LogP contribution in [-0.4, -0.2) is 23.3 Å². The van der Waals surface area contributed by atoms with Crippen molar-refractivity contribution < 1.29 is 9.31 Å². The predicted octanol–water partition coefficient (Wildman–Crippen LogP) is 2.91. The molecule has 2 heterocycles. The predicted molar refractivity (Wildman–Crippen MR) is 76.9 cm³/mol. The Hall–Kier alpha value is -0.575. The average molecular weight is 280 g/mol. The lowest BCUT2D eigenvalue weighted by Gasteiger charge is -2.32. The molecule has 0 spiro atoms. The summed E-state index contributed by atoms with van der Waals surface area (Å²) in [6.45, 7) is 8.25. The third-order valence-corrected chi connectivity index (χ3v) is 4.77. The number of hydrogen-bond donors (Lipinski definition) is 0. The summed E-state index contributed by atoms with van der Waals surface area (Å²) in [6, 6.07) is 1.97. The van der Waals surface area contributed by atoms with Gasteiger partial charge < -0.3 is 9.31 Å². The molecule has 1 aliphatic carbocycles. The van der Waals surface area contributed by atoms with E-state index in [1.807, 2.05) is 6.07 Å². The Morgan fingerprint density at radius 3 is 2.32 bits per heavy atom. The van der Waals surface area contributed by atoms with E-state index in [1.165, 1.54) is 12.8 Å². The van der Waals surface area contributed by atoms with Crippen LogP contribution in [0.4, 0.5) is 0 Å². The van der Waals surface area contributed by atoms with E-state index in [4.69, 9.17) is 20.9 Å². The summed E-state index contributed by atoms with van der Waals surface area (Å²) in [5.41, 5.74) is 1.51. The maximum absolute atomic E-state index is 6.26. The largest absolute Gasteiger partial charge is 0.495 e. The second-order valence-corrected chi connectivity index (χ2v) is 6.83. The van der Waals surface area contributed by atoms with E-state index in [0.717, 1.165) is 11.0 Å². The molecule has 1 aromatic rings. The van der Waals surface area contributed by atoms with Gasteiger partial charge >= 0.3 is 7.12 Å². The minimum absolute atomic E-state index is 0.325. The van der Waals surface area contributed by atoms with Gasteiger partial charge in [0.2, 0.25) is 0 Å². The highest BCUT2D eigenvalue weighted by molar-refractivity contribution is 6.63. The number of aromatic nitrogens is 1. The first kappa shape index (κ1) is 13.4. The van der Waals surface area contributed by atoms with Gasteiger partial charge in [-0.05, 0) is 63.5 Å². The maximum atomic E-state index is 6.26. The van der Waals surface area contributed by atoms with Crippen molar-refractivity contribution >= 4 is 24.2 Å². The summed E-state index contributed by atoms with van der Waals surface area (Å²) in [4.78, 5) is 4.20. The minimum atomic E-state index is -0.346. The summed E-state index contributed by atoms with van der Waals surface area (Å²) < 4.78 is 12.2. The standard InChI is InChI=1S/C14H19BClNO2/c1-13(2)14(3,4)19-15(18-13)10-7-8-17-12(16)11(10)9-5-6-9/h7-9H,5-6H2,1-4H3. The van der Waals surface area contributed by atoms with Crippen LogP contribution in [-0.2, 0) is 9.31 Å². The quantitative estimate of drug-likeness (QED) is 0.616. The lowest BCUT2D eigenvalue weighted by molar-refractivity contribution is 0.00578. The molecular formula is C14H19BClNO2. The van der Waals surface area contributed by atoms with Crippen molar-refractivity contribution in [2.45, 2.75) is 57.7 Å². The van der Waals surface area contributed by atoms with Crippen molar-refractivity contribution in [2.24, 2.45) is 0 Å². The summed E-state index contributed by atoms with van der Waals surface area (Å²) in [7, 11) is -0.346. The van der Waals surface area contributed by atoms with Crippen molar-refractivity contribution in [3.63, 3.8) is 0 Å². The fourth-order valence-electron chi connectivity index (χ4n) is 2.41. The van der Waals surface area contributed by atoms with Gasteiger partial charge in [0.1, 0.15) is 5.15 Å². The normalized spacial score (nSPS) is 24.8. The van der Waals surface area contributed by atoms with Gasteiger partial charge in [0.25, 0.3) is 0 Å². The lowest BCUT2D eigenvalue weighted by atomic mass is 9.75. The SMILES string of the molecule is CC1(C)OB(c2ccnc(Cl)c2C2CC2)OC1(C)C. The zero-order valence-electron chi connectivity index (χ0n) is 11.9. The Balaban J connectivity index is 1.98. The molecule has 1 aliphatic heterocycles. The van der Waals surface area contributed by atoms with Crippen molar-refractivity contribution in [3.8, 4) is 0 Å². The van der Waals surface area contributed by atoms with Crippen LogP contribution in [0.1, 0.15) is 52.0 Å². The van der Waals surface area contributed by atoms with E-state index in [9.17, 15) is 0 Å². The van der Waals surface area contributed by atoms with Crippen LogP contribution in [0.2, 0.25) is 5.15 Å². The van der Waals surface area contributed by atoms with E-state index < -0.39 is 0 Å². The van der Waals surface area contributed by atoms with Gasteiger partial charge in [-0.25, -0.2) is 4.98 Å². The van der Waals surface area contributed by atoms with Crippen LogP contribution in [0, 0.1) is 0 Å². The van der Waals surface area contributed by atoms with Crippen LogP contribution >= 0.6 is 11.6 Å². The number of rotatable bonds is 2. The van der Waals surface area contributed by atoms with Crippen molar-refractivity contribution in [1.29, 1.82) is 0 Å². The van der Waals surface area contributed by atoms with E-state index in [0.29, 0.717) is 11.1 Å². The van der Waals surface area contributed by atoms with Gasteiger partial charge in [-0.15, -0.1) is 0 Å². The highest BCUT2D eigenvalue weighted by Crippen LogP contribution is 2.43. The summed E-state index contributed by atoms with van der Waals surface area (Å²) >= 11 is 6.26. The van der Waals surface area contributed by atoms with Crippen LogP contribution in [0.25, 0.3) is 0 Å². The summed E-state index contributed by atoms with van der Waals surface area (Å²) in [6.07, 6.45) is 4.09. The zero-order valence-corrected chi connectivity index (χ0v) is 12.6. The monoisotopic (exact) mass is 279 g/mol. The molecule has 1 saturated heterocycles. The topological polar surface area (TPSA) is 31.4 Å². The first-order valence-corrected chi connectivity index (χ1v) is 7.19. The van der Waals surface area contributed by atoms with E-state index in [2.05, 4.69) is 32.7 Å². The van der Waals surface area contributed by atoms with Gasteiger partial charge in [-0.1, -0.05) is 11.6 Å². The number of pyridine rings is 1. The molecule has 3 rings (SSSR count). The van der Waals surface area contributed by atoms with Gasteiger partial charge in [-0.2, -0.15) is 0 Å². The first-order chi connectivity index (χ1) is 8.82. The molecule has 1 saturated carbocycles. The van der Waals surface area contributed by atoms with Crippen LogP contribution < -0.4 is 5.46 Å². The first-order valence-electron chi connectivity index (χ1n) is 6.82. The molecule has 1 aromatic heterocycles. The Morgan fingerprint density at radius 1 is 1.21 bits per heavy atom. The second kappa shape index (κ2) is 4.21. The Labute approximate surface area is 119 Å². The summed E-state index contributed by atoms with van der Waals surface area (Å²) in [5, 5.41) is 0.592. The Kier molecular flexibility index (Phi) is 2.97. The van der Waals surface area contributed by atoms with E-state index in [-0.39, 0.29) is 18.3 Å². The Bertz CT molecular complexity index is 498. The molecule has 0 radical (unpaired) electrons. The van der Waals surface area contributed by atoms with Crippen molar-refractivity contribution in [1.82, 2.24) is 4.98 Å². The third-order valence-electron chi connectivity index (χ3n) is 4.47. The minimum Gasteiger partial charge on any atom is -0.399 e. The number of halogens is 1. The molecule has 0 unspecified atom stereocenters. The molecule has 0 atom stereocenters.